The Morgan fingerprint density at radius 1 is 1.61 bits per heavy atom. The quantitative estimate of drug-likeness (QED) is 0.474. The van der Waals surface area contributed by atoms with Crippen LogP contribution in [0.4, 0.5) is 5.82 Å². The number of carbonyl (C=O) groups excluding carboxylic acids is 1. The van der Waals surface area contributed by atoms with Crippen molar-refractivity contribution >= 4 is 29.3 Å². The summed E-state index contributed by atoms with van der Waals surface area (Å²) in [5.41, 5.74) is 0. The molecule has 0 spiro atoms. The van der Waals surface area contributed by atoms with Crippen LogP contribution in [0.3, 0.4) is 0 Å². The fourth-order valence-corrected chi connectivity index (χ4v) is 2.69. The van der Waals surface area contributed by atoms with Crippen LogP contribution in [0.2, 0.25) is 5.02 Å². The van der Waals surface area contributed by atoms with Gasteiger partial charge in [-0.25, -0.2) is 4.98 Å². The molecule has 0 bridgehead atoms. The lowest BCUT2D eigenvalue weighted by molar-refractivity contribution is -0.140. The molecule has 7 nitrogen and oxygen atoms in total. The minimum absolute atomic E-state index is 0.246. The first-order valence-electron chi connectivity index (χ1n) is 7.53. The molecule has 1 saturated heterocycles. The number of pyridine rings is 1. The molecule has 0 aliphatic carbocycles. The van der Waals surface area contributed by atoms with Crippen LogP contribution < -0.4 is 15.5 Å². The highest BCUT2D eigenvalue weighted by Gasteiger charge is 2.25. The Hall–Kier alpha value is -2.02. The molecule has 1 aromatic rings. The average molecular weight is 340 g/mol. The molecule has 8 heteroatoms. The van der Waals surface area contributed by atoms with Gasteiger partial charge in [0.1, 0.15) is 5.82 Å². The van der Waals surface area contributed by atoms with Gasteiger partial charge in [-0.15, -0.1) is 0 Å². The van der Waals surface area contributed by atoms with E-state index in [-0.39, 0.29) is 12.0 Å². The summed E-state index contributed by atoms with van der Waals surface area (Å²) in [7, 11) is 3.08. The average Bonchev–Trinajstić information content (AvgIpc) is 3.02. The number of carbonyl (C=O) groups is 1. The molecule has 1 aliphatic rings. The van der Waals surface area contributed by atoms with E-state index in [9.17, 15) is 4.79 Å². The van der Waals surface area contributed by atoms with Gasteiger partial charge in [-0.1, -0.05) is 11.6 Å². The molecule has 1 atom stereocenters. The van der Waals surface area contributed by atoms with Crippen molar-refractivity contribution in [2.45, 2.75) is 18.9 Å². The van der Waals surface area contributed by atoms with Gasteiger partial charge in [-0.2, -0.15) is 0 Å². The monoisotopic (exact) mass is 339 g/mol. The Balaban J connectivity index is 1.82. The van der Waals surface area contributed by atoms with Crippen LogP contribution in [0.1, 0.15) is 12.8 Å². The number of aromatic nitrogens is 1. The van der Waals surface area contributed by atoms with E-state index in [1.54, 1.807) is 13.2 Å². The van der Waals surface area contributed by atoms with E-state index in [0.717, 1.165) is 25.3 Å². The van der Waals surface area contributed by atoms with Crippen molar-refractivity contribution in [1.29, 1.82) is 0 Å². The van der Waals surface area contributed by atoms with E-state index < -0.39 is 0 Å². The number of anilines is 1. The van der Waals surface area contributed by atoms with Crippen molar-refractivity contribution in [3.8, 4) is 0 Å². The maximum absolute atomic E-state index is 11.1. The molecule has 23 heavy (non-hydrogen) atoms. The number of guanidine groups is 1. The number of hydrogen-bond donors (Lipinski definition) is 2. The predicted octanol–water partition coefficient (Wildman–Crippen LogP) is 1.04. The summed E-state index contributed by atoms with van der Waals surface area (Å²) >= 11 is 6.19. The van der Waals surface area contributed by atoms with Crippen molar-refractivity contribution < 1.29 is 9.53 Å². The lowest BCUT2D eigenvalue weighted by Crippen LogP contribution is -2.45. The van der Waals surface area contributed by atoms with Crippen LogP contribution in [0.25, 0.3) is 0 Å². The molecular formula is C15H22ClN5O2. The number of methoxy groups -OCH3 is 1. The predicted molar refractivity (Wildman–Crippen MR) is 91.0 cm³/mol. The van der Waals surface area contributed by atoms with Gasteiger partial charge in [-0.05, 0) is 18.6 Å². The van der Waals surface area contributed by atoms with Gasteiger partial charge in [0.05, 0.1) is 18.6 Å². The summed E-state index contributed by atoms with van der Waals surface area (Å²) in [5, 5.41) is 7.12. The number of esters is 1. The van der Waals surface area contributed by atoms with Crippen LogP contribution in [-0.4, -0.2) is 56.7 Å². The highest BCUT2D eigenvalue weighted by molar-refractivity contribution is 6.32. The Kier molecular flexibility index (Phi) is 6.46. The smallest absolute Gasteiger partial charge is 0.307 e. The zero-order valence-corrected chi connectivity index (χ0v) is 14.1. The molecule has 0 radical (unpaired) electrons. The number of nitrogens with zero attached hydrogens (tertiary/aromatic N) is 3. The number of aliphatic imine (C=N–C) groups is 1. The molecule has 1 fully saturated rings. The summed E-state index contributed by atoms with van der Waals surface area (Å²) in [6.45, 7) is 2.16. The molecule has 0 aromatic carbocycles. The van der Waals surface area contributed by atoms with Crippen LogP contribution in [0.15, 0.2) is 23.3 Å². The van der Waals surface area contributed by atoms with Gasteiger partial charge >= 0.3 is 5.97 Å². The van der Waals surface area contributed by atoms with Gasteiger partial charge < -0.3 is 20.3 Å². The second-order valence-electron chi connectivity index (χ2n) is 5.21. The molecule has 2 rings (SSSR count). The van der Waals surface area contributed by atoms with Gasteiger partial charge in [-0.3, -0.25) is 9.79 Å². The minimum atomic E-state index is -0.246. The highest BCUT2D eigenvalue weighted by Crippen LogP contribution is 2.25. The molecule has 1 aliphatic heterocycles. The lowest BCUT2D eigenvalue weighted by Gasteiger charge is -2.20. The van der Waals surface area contributed by atoms with Crippen molar-refractivity contribution in [3.63, 3.8) is 0 Å². The van der Waals surface area contributed by atoms with Crippen LogP contribution >= 0.6 is 11.6 Å². The Bertz CT molecular complexity index is 567. The lowest BCUT2D eigenvalue weighted by atomic mass is 10.3. The third kappa shape index (κ3) is 4.99. The van der Waals surface area contributed by atoms with E-state index in [2.05, 4.69) is 30.2 Å². The van der Waals surface area contributed by atoms with Gasteiger partial charge in [0.2, 0.25) is 0 Å². The van der Waals surface area contributed by atoms with Gasteiger partial charge in [0.15, 0.2) is 5.96 Å². The van der Waals surface area contributed by atoms with E-state index in [4.69, 9.17) is 11.6 Å². The second kappa shape index (κ2) is 8.57. The van der Waals surface area contributed by atoms with Crippen molar-refractivity contribution in [2.75, 3.05) is 38.7 Å². The number of hydrogen-bond acceptors (Lipinski definition) is 5. The Morgan fingerprint density at radius 2 is 2.43 bits per heavy atom. The maximum atomic E-state index is 11.1. The third-order valence-corrected chi connectivity index (χ3v) is 3.94. The van der Waals surface area contributed by atoms with E-state index in [1.807, 2.05) is 12.1 Å². The Labute approximate surface area is 141 Å². The van der Waals surface area contributed by atoms with E-state index in [1.165, 1.54) is 7.11 Å². The topological polar surface area (TPSA) is 78.8 Å². The molecule has 126 valence electrons. The fraction of sp³-hybridized carbons (Fsp3) is 0.533. The van der Waals surface area contributed by atoms with Crippen molar-refractivity contribution in [1.82, 2.24) is 15.6 Å². The summed E-state index contributed by atoms with van der Waals surface area (Å²) in [4.78, 5) is 21.8. The molecule has 1 aromatic heterocycles. The summed E-state index contributed by atoms with van der Waals surface area (Å²) < 4.78 is 4.61. The zero-order valence-electron chi connectivity index (χ0n) is 13.4. The molecular weight excluding hydrogens is 318 g/mol. The largest absolute Gasteiger partial charge is 0.469 e. The maximum Gasteiger partial charge on any atom is 0.307 e. The molecule has 2 N–H and O–H groups in total. The number of nitrogens with one attached hydrogen (secondary N) is 2. The zero-order chi connectivity index (χ0) is 16.7. The van der Waals surface area contributed by atoms with Crippen LogP contribution in [0, 0.1) is 0 Å². The van der Waals surface area contributed by atoms with Gasteiger partial charge in [0.25, 0.3) is 0 Å². The first kappa shape index (κ1) is 17.3. The third-order valence-electron chi connectivity index (χ3n) is 3.64. The van der Waals surface area contributed by atoms with Gasteiger partial charge in [0, 0.05) is 38.9 Å². The van der Waals surface area contributed by atoms with Crippen molar-refractivity contribution in [2.24, 2.45) is 4.99 Å². The summed E-state index contributed by atoms with van der Waals surface area (Å²) in [6, 6.07) is 3.92. The normalized spacial score (nSPS) is 18.0. The first-order valence-corrected chi connectivity index (χ1v) is 7.91. The standard InChI is InChI=1S/C15H22ClN5O2/c1-17-15(19-8-5-13(22)23-2)20-11-6-9-21(10-11)14-12(16)4-3-7-18-14/h3-4,7,11H,5-6,8-10H2,1-2H3,(H2,17,19,20). The molecule has 0 saturated carbocycles. The molecule has 0 amide bonds. The molecule has 1 unspecified atom stereocenters. The fourth-order valence-electron chi connectivity index (χ4n) is 2.45. The van der Waals surface area contributed by atoms with E-state index >= 15 is 0 Å². The molecule has 2 heterocycles. The Morgan fingerprint density at radius 3 is 3.13 bits per heavy atom. The highest BCUT2D eigenvalue weighted by atomic mass is 35.5. The minimum Gasteiger partial charge on any atom is -0.469 e. The second-order valence-corrected chi connectivity index (χ2v) is 5.62. The van der Waals surface area contributed by atoms with E-state index in [0.29, 0.717) is 23.9 Å². The van der Waals surface area contributed by atoms with Crippen molar-refractivity contribution in [3.05, 3.63) is 23.4 Å². The van der Waals surface area contributed by atoms with Crippen LogP contribution in [-0.2, 0) is 9.53 Å². The SMILES string of the molecule is CN=C(NCCC(=O)OC)NC1CCN(c2ncccc2Cl)C1. The summed E-state index contributed by atoms with van der Waals surface area (Å²) in [5.74, 6) is 1.24. The number of ether oxygens (including phenoxy) is 1. The number of halogens is 1. The first-order chi connectivity index (χ1) is 11.1. The number of rotatable bonds is 5. The summed E-state index contributed by atoms with van der Waals surface area (Å²) in [6.07, 6.45) is 3.01. The van der Waals surface area contributed by atoms with Crippen LogP contribution in [0.5, 0.6) is 0 Å².